The lowest BCUT2D eigenvalue weighted by Crippen LogP contribution is -2.46. The Morgan fingerprint density at radius 1 is 1.03 bits per heavy atom. The fourth-order valence-corrected chi connectivity index (χ4v) is 5.00. The molecule has 0 unspecified atom stereocenters. The molecule has 1 aromatic heterocycles. The van der Waals surface area contributed by atoms with Gasteiger partial charge in [-0.05, 0) is 75.6 Å². The van der Waals surface area contributed by atoms with Crippen molar-refractivity contribution >= 4 is 23.5 Å². The van der Waals surface area contributed by atoms with Gasteiger partial charge >= 0.3 is 12.2 Å². The predicted molar refractivity (Wildman–Crippen MR) is 126 cm³/mol. The summed E-state index contributed by atoms with van der Waals surface area (Å²) in [6, 6.07) is 3.89. The summed E-state index contributed by atoms with van der Waals surface area (Å²) in [6.07, 6.45) is 2.71. The van der Waals surface area contributed by atoms with Gasteiger partial charge < -0.3 is 16.0 Å². The quantitative estimate of drug-likeness (QED) is 0.650. The third kappa shape index (κ3) is 5.20. The maximum absolute atomic E-state index is 12.9. The van der Waals surface area contributed by atoms with Crippen molar-refractivity contribution in [1.29, 1.82) is 0 Å². The standard InChI is InChI=1S/C24H31F3N6O/c1-32(2)21-19-5-3-4-6-20(19)30-23(31-21)29-16-9-13-18(14-10-16)33(22(28)34)17-11-7-15(8-12-17)24(25,26)27/h7-8,11-12,16,18H,3-6,9-10,13-14H2,1-2H3,(H2,28,34)(H,29,30,31). The number of carbonyl (C=O) groups is 1. The number of primary amides is 1. The molecular weight excluding hydrogens is 445 g/mol. The lowest BCUT2D eigenvalue weighted by atomic mass is 9.90. The van der Waals surface area contributed by atoms with E-state index in [1.54, 1.807) is 0 Å². The van der Waals surface area contributed by atoms with Crippen molar-refractivity contribution in [3.63, 3.8) is 0 Å². The van der Waals surface area contributed by atoms with Crippen LogP contribution in [0, 0.1) is 0 Å². The third-order valence-electron chi connectivity index (χ3n) is 6.69. The number of benzene rings is 1. The molecule has 1 heterocycles. The van der Waals surface area contributed by atoms with E-state index in [9.17, 15) is 18.0 Å². The summed E-state index contributed by atoms with van der Waals surface area (Å²) in [5.74, 6) is 1.59. The van der Waals surface area contributed by atoms with Crippen LogP contribution < -0.4 is 20.9 Å². The highest BCUT2D eigenvalue weighted by Gasteiger charge is 2.32. The fraction of sp³-hybridized carbons (Fsp3) is 0.542. The van der Waals surface area contributed by atoms with Gasteiger partial charge in [0.25, 0.3) is 0 Å². The van der Waals surface area contributed by atoms with Crippen LogP contribution in [-0.4, -0.2) is 42.2 Å². The molecule has 0 atom stereocenters. The number of hydrogen-bond acceptors (Lipinski definition) is 5. The van der Waals surface area contributed by atoms with Crippen molar-refractivity contribution in [2.45, 2.75) is 69.6 Å². The van der Waals surface area contributed by atoms with Gasteiger partial charge in [0.15, 0.2) is 0 Å². The topological polar surface area (TPSA) is 87.4 Å². The lowest BCUT2D eigenvalue weighted by Gasteiger charge is -2.36. The first-order valence-electron chi connectivity index (χ1n) is 11.7. The summed E-state index contributed by atoms with van der Waals surface area (Å²) in [5, 5.41) is 3.47. The second kappa shape index (κ2) is 9.68. The second-order valence-electron chi connectivity index (χ2n) is 9.30. The molecule has 7 nitrogen and oxygen atoms in total. The van der Waals surface area contributed by atoms with Crippen LogP contribution in [0.3, 0.4) is 0 Å². The number of aromatic nitrogens is 2. The highest BCUT2D eigenvalue weighted by molar-refractivity contribution is 5.91. The molecule has 0 saturated heterocycles. The number of fused-ring (bicyclic) bond motifs is 1. The Bertz CT molecular complexity index is 1020. The van der Waals surface area contributed by atoms with Crippen LogP contribution in [0.2, 0.25) is 0 Å². The van der Waals surface area contributed by atoms with Gasteiger partial charge in [-0.2, -0.15) is 18.2 Å². The average molecular weight is 477 g/mol. The van der Waals surface area contributed by atoms with Gasteiger partial charge in [0.05, 0.1) is 11.3 Å². The number of nitrogens with two attached hydrogens (primary N) is 1. The van der Waals surface area contributed by atoms with Crippen molar-refractivity contribution in [2.24, 2.45) is 5.73 Å². The number of nitrogens with zero attached hydrogens (tertiary/aromatic N) is 4. The second-order valence-corrected chi connectivity index (χ2v) is 9.30. The maximum Gasteiger partial charge on any atom is 0.416 e. The molecule has 10 heteroatoms. The monoisotopic (exact) mass is 476 g/mol. The Morgan fingerprint density at radius 3 is 2.26 bits per heavy atom. The first-order valence-corrected chi connectivity index (χ1v) is 11.7. The van der Waals surface area contributed by atoms with Crippen LogP contribution in [-0.2, 0) is 19.0 Å². The molecule has 0 radical (unpaired) electrons. The van der Waals surface area contributed by atoms with Crippen LogP contribution in [0.5, 0.6) is 0 Å². The zero-order valence-electron chi connectivity index (χ0n) is 19.5. The van der Waals surface area contributed by atoms with E-state index in [0.717, 1.165) is 62.2 Å². The zero-order valence-corrected chi connectivity index (χ0v) is 19.5. The molecular formula is C24H31F3N6O. The minimum Gasteiger partial charge on any atom is -0.362 e. The van der Waals surface area contributed by atoms with Gasteiger partial charge in [-0.15, -0.1) is 0 Å². The number of urea groups is 1. The Labute approximate surface area is 197 Å². The van der Waals surface area contributed by atoms with Gasteiger partial charge in [0.1, 0.15) is 5.82 Å². The molecule has 34 heavy (non-hydrogen) atoms. The van der Waals surface area contributed by atoms with Gasteiger partial charge in [0, 0.05) is 37.4 Å². The maximum atomic E-state index is 12.9. The molecule has 0 bridgehead atoms. The van der Waals surface area contributed by atoms with E-state index in [4.69, 9.17) is 15.7 Å². The zero-order chi connectivity index (χ0) is 24.5. The van der Waals surface area contributed by atoms with Crippen molar-refractivity contribution in [3.8, 4) is 0 Å². The van der Waals surface area contributed by atoms with Crippen LogP contribution in [0.15, 0.2) is 24.3 Å². The minimum atomic E-state index is -4.43. The smallest absolute Gasteiger partial charge is 0.362 e. The van der Waals surface area contributed by atoms with Gasteiger partial charge in [-0.25, -0.2) is 9.78 Å². The first-order chi connectivity index (χ1) is 16.1. The van der Waals surface area contributed by atoms with E-state index in [0.29, 0.717) is 24.5 Å². The average Bonchev–Trinajstić information content (AvgIpc) is 2.79. The Kier molecular flexibility index (Phi) is 6.86. The number of carbonyl (C=O) groups excluding carboxylic acids is 1. The van der Waals surface area contributed by atoms with E-state index >= 15 is 0 Å². The molecule has 1 saturated carbocycles. The summed E-state index contributed by atoms with van der Waals surface area (Å²) in [5.41, 5.74) is 7.59. The van der Waals surface area contributed by atoms with Crippen molar-refractivity contribution in [2.75, 3.05) is 29.2 Å². The Morgan fingerprint density at radius 2 is 1.68 bits per heavy atom. The highest BCUT2D eigenvalue weighted by atomic mass is 19.4. The van der Waals surface area contributed by atoms with Crippen LogP contribution in [0.1, 0.15) is 55.3 Å². The molecule has 1 aromatic carbocycles. The number of amides is 2. The predicted octanol–water partition coefficient (Wildman–Crippen LogP) is 4.75. The fourth-order valence-electron chi connectivity index (χ4n) is 5.00. The Balaban J connectivity index is 1.43. The largest absolute Gasteiger partial charge is 0.416 e. The van der Waals surface area contributed by atoms with E-state index in [1.807, 2.05) is 19.0 Å². The van der Waals surface area contributed by atoms with Crippen LogP contribution in [0.4, 0.5) is 35.4 Å². The van der Waals surface area contributed by atoms with Gasteiger partial charge in [-0.1, -0.05) is 0 Å². The first kappa shape index (κ1) is 24.1. The number of nitrogens with one attached hydrogen (secondary N) is 1. The summed E-state index contributed by atoms with van der Waals surface area (Å²) < 4.78 is 38.7. The molecule has 2 aromatic rings. The normalized spacial score (nSPS) is 20.4. The summed E-state index contributed by atoms with van der Waals surface area (Å²) in [4.78, 5) is 25.2. The van der Waals surface area contributed by atoms with E-state index in [1.165, 1.54) is 22.6 Å². The Hall–Kier alpha value is -3.04. The molecule has 0 aliphatic heterocycles. The molecule has 184 valence electrons. The molecule has 1 fully saturated rings. The summed E-state index contributed by atoms with van der Waals surface area (Å²) in [6.45, 7) is 0. The summed E-state index contributed by atoms with van der Waals surface area (Å²) in [7, 11) is 3.98. The van der Waals surface area contributed by atoms with Crippen molar-refractivity contribution in [3.05, 3.63) is 41.1 Å². The third-order valence-corrected chi connectivity index (χ3v) is 6.69. The highest BCUT2D eigenvalue weighted by Crippen LogP contribution is 2.34. The number of anilines is 3. The number of halogens is 3. The van der Waals surface area contributed by atoms with Gasteiger partial charge in [-0.3, -0.25) is 4.90 Å². The van der Waals surface area contributed by atoms with Crippen molar-refractivity contribution in [1.82, 2.24) is 9.97 Å². The number of alkyl halides is 3. The van der Waals surface area contributed by atoms with Crippen LogP contribution >= 0.6 is 0 Å². The van der Waals surface area contributed by atoms with Crippen LogP contribution in [0.25, 0.3) is 0 Å². The van der Waals surface area contributed by atoms with E-state index in [-0.39, 0.29) is 12.1 Å². The number of aryl methyl sites for hydroxylation is 1. The molecule has 2 aliphatic rings. The van der Waals surface area contributed by atoms with Gasteiger partial charge in [0.2, 0.25) is 5.95 Å². The molecule has 2 amide bonds. The minimum absolute atomic E-state index is 0.148. The molecule has 4 rings (SSSR count). The number of hydrogen-bond donors (Lipinski definition) is 2. The lowest BCUT2D eigenvalue weighted by molar-refractivity contribution is -0.137. The van der Waals surface area contributed by atoms with Crippen molar-refractivity contribution < 1.29 is 18.0 Å². The number of rotatable bonds is 5. The summed E-state index contributed by atoms with van der Waals surface area (Å²) >= 11 is 0. The SMILES string of the molecule is CN(C)c1nc(NC2CCC(N(C(N)=O)c3ccc(C(F)(F)F)cc3)CC2)nc2c1CCCC2. The van der Waals surface area contributed by atoms with E-state index in [2.05, 4.69) is 5.32 Å². The molecule has 3 N–H and O–H groups in total. The van der Waals surface area contributed by atoms with E-state index < -0.39 is 17.8 Å². The molecule has 0 spiro atoms. The molecule has 2 aliphatic carbocycles.